The van der Waals surface area contributed by atoms with Crippen molar-refractivity contribution in [3.8, 4) is 5.69 Å². The third-order valence-electron chi connectivity index (χ3n) is 4.18. The Morgan fingerprint density at radius 1 is 1.12 bits per heavy atom. The van der Waals surface area contributed by atoms with Gasteiger partial charge in [0.2, 0.25) is 0 Å². The molecule has 0 saturated carbocycles. The van der Waals surface area contributed by atoms with Crippen LogP contribution >= 0.6 is 0 Å². The van der Waals surface area contributed by atoms with Crippen LogP contribution in [0.15, 0.2) is 30.7 Å². The third-order valence-corrected chi connectivity index (χ3v) is 4.18. The van der Waals surface area contributed by atoms with E-state index < -0.39 is 0 Å². The number of rotatable bonds is 6. The van der Waals surface area contributed by atoms with Gasteiger partial charge in [-0.05, 0) is 64.2 Å². The molecule has 2 aromatic heterocycles. The van der Waals surface area contributed by atoms with Gasteiger partial charge < -0.3 is 10.2 Å². The molecule has 0 bridgehead atoms. The average Bonchev–Trinajstić information content (AvgIpc) is 2.99. The fraction of sp³-hybridized carbons (Fsp3) is 0.389. The Morgan fingerprint density at radius 3 is 2.71 bits per heavy atom. The summed E-state index contributed by atoms with van der Waals surface area (Å²) < 4.78 is 1.87. The summed E-state index contributed by atoms with van der Waals surface area (Å²) in [5.74, 6) is 0.842. The van der Waals surface area contributed by atoms with Crippen molar-refractivity contribution in [2.75, 3.05) is 32.5 Å². The Hall–Kier alpha value is -2.47. The van der Waals surface area contributed by atoms with E-state index in [0.717, 1.165) is 42.0 Å². The molecule has 3 rings (SSSR count). The summed E-state index contributed by atoms with van der Waals surface area (Å²) in [5.41, 5.74) is 4.36. The molecule has 0 unspecified atom stereocenters. The van der Waals surface area contributed by atoms with Crippen LogP contribution < -0.4 is 5.32 Å². The molecule has 0 spiro atoms. The largest absolute Gasteiger partial charge is 0.369 e. The summed E-state index contributed by atoms with van der Waals surface area (Å²) in [6.45, 7) is 6.14. The van der Waals surface area contributed by atoms with Gasteiger partial charge >= 0.3 is 0 Å². The zero-order chi connectivity index (χ0) is 17.1. The second-order valence-corrected chi connectivity index (χ2v) is 6.37. The zero-order valence-corrected chi connectivity index (χ0v) is 14.7. The molecule has 2 heterocycles. The van der Waals surface area contributed by atoms with Crippen LogP contribution in [0.4, 0.5) is 5.82 Å². The molecule has 0 fully saturated rings. The number of aromatic nitrogens is 4. The molecule has 0 saturated heterocycles. The van der Waals surface area contributed by atoms with Crippen LogP contribution in [0.3, 0.4) is 0 Å². The highest BCUT2D eigenvalue weighted by molar-refractivity contribution is 5.87. The van der Waals surface area contributed by atoms with E-state index in [-0.39, 0.29) is 0 Å². The number of hydrogen-bond donors (Lipinski definition) is 1. The first-order chi connectivity index (χ1) is 11.6. The molecule has 0 aliphatic carbocycles. The smallest absolute Gasteiger partial charge is 0.168 e. The van der Waals surface area contributed by atoms with E-state index in [4.69, 9.17) is 0 Å². The summed E-state index contributed by atoms with van der Waals surface area (Å²) in [5, 5.41) is 8.86. The minimum Gasteiger partial charge on any atom is -0.369 e. The molecule has 24 heavy (non-hydrogen) atoms. The zero-order valence-electron chi connectivity index (χ0n) is 14.7. The van der Waals surface area contributed by atoms with Gasteiger partial charge in [-0.2, -0.15) is 5.10 Å². The molecule has 126 valence electrons. The fourth-order valence-corrected chi connectivity index (χ4v) is 2.63. The Kier molecular flexibility index (Phi) is 4.76. The molecule has 6 heteroatoms. The number of hydrogen-bond acceptors (Lipinski definition) is 5. The lowest BCUT2D eigenvalue weighted by Gasteiger charge is -2.10. The maximum Gasteiger partial charge on any atom is 0.168 e. The molecular formula is C18H24N6. The van der Waals surface area contributed by atoms with E-state index in [9.17, 15) is 0 Å². The lowest BCUT2D eigenvalue weighted by molar-refractivity contribution is 0.405. The number of aryl methyl sites for hydroxylation is 2. The molecular weight excluding hydrogens is 300 g/mol. The van der Waals surface area contributed by atoms with Crippen LogP contribution in [-0.4, -0.2) is 51.8 Å². The quantitative estimate of drug-likeness (QED) is 0.707. The Bertz CT molecular complexity index is 837. The van der Waals surface area contributed by atoms with E-state index in [1.54, 1.807) is 6.33 Å². The molecule has 0 radical (unpaired) electrons. The highest BCUT2D eigenvalue weighted by Crippen LogP contribution is 2.22. The van der Waals surface area contributed by atoms with Gasteiger partial charge in [-0.25, -0.2) is 14.6 Å². The SMILES string of the molecule is Cc1ccc(-n2ncc3c(NCCCN(C)C)ncnc32)cc1C. The maximum atomic E-state index is 4.52. The minimum atomic E-state index is 0.823. The van der Waals surface area contributed by atoms with E-state index in [1.165, 1.54) is 11.1 Å². The van der Waals surface area contributed by atoms with E-state index in [1.807, 2.05) is 10.9 Å². The summed E-state index contributed by atoms with van der Waals surface area (Å²) >= 11 is 0. The molecule has 3 aromatic rings. The first-order valence-corrected chi connectivity index (χ1v) is 8.21. The Morgan fingerprint density at radius 2 is 1.96 bits per heavy atom. The molecule has 0 aliphatic heterocycles. The standard InChI is InChI=1S/C18H24N6/c1-13-6-7-15(10-14(13)2)24-18-16(11-22-24)17(20-12-21-18)19-8-5-9-23(3)4/h6-7,10-12H,5,8-9H2,1-4H3,(H,19,20,21). The predicted octanol–water partition coefficient (Wildman–Crippen LogP) is 2.80. The van der Waals surface area contributed by atoms with E-state index in [2.05, 4.69) is 71.4 Å². The van der Waals surface area contributed by atoms with Crippen molar-refractivity contribution in [3.63, 3.8) is 0 Å². The highest BCUT2D eigenvalue weighted by Gasteiger charge is 2.11. The summed E-state index contributed by atoms with van der Waals surface area (Å²) in [7, 11) is 4.16. The molecule has 1 N–H and O–H groups in total. The van der Waals surface area contributed by atoms with Crippen LogP contribution in [0.2, 0.25) is 0 Å². The normalized spacial score (nSPS) is 11.4. The molecule has 0 aliphatic rings. The first kappa shape index (κ1) is 16.4. The van der Waals surface area contributed by atoms with Crippen LogP contribution in [0.5, 0.6) is 0 Å². The number of nitrogens with zero attached hydrogens (tertiary/aromatic N) is 5. The van der Waals surface area contributed by atoms with Crippen molar-refractivity contribution >= 4 is 16.9 Å². The van der Waals surface area contributed by atoms with Crippen LogP contribution in [0.25, 0.3) is 16.7 Å². The number of benzene rings is 1. The number of fused-ring (bicyclic) bond motifs is 1. The van der Waals surface area contributed by atoms with Gasteiger partial charge in [0.05, 0.1) is 17.3 Å². The minimum absolute atomic E-state index is 0.823. The van der Waals surface area contributed by atoms with Gasteiger partial charge in [0.15, 0.2) is 5.65 Å². The number of nitrogens with one attached hydrogen (secondary N) is 1. The fourth-order valence-electron chi connectivity index (χ4n) is 2.63. The van der Waals surface area contributed by atoms with Crippen molar-refractivity contribution < 1.29 is 0 Å². The van der Waals surface area contributed by atoms with Crippen molar-refractivity contribution in [2.45, 2.75) is 20.3 Å². The first-order valence-electron chi connectivity index (χ1n) is 8.21. The van der Waals surface area contributed by atoms with Crippen LogP contribution in [0, 0.1) is 13.8 Å². The van der Waals surface area contributed by atoms with Gasteiger partial charge in [0, 0.05) is 6.54 Å². The second kappa shape index (κ2) is 6.97. The molecule has 1 aromatic carbocycles. The van der Waals surface area contributed by atoms with E-state index in [0.29, 0.717) is 0 Å². The lowest BCUT2D eigenvalue weighted by atomic mass is 10.1. The summed E-state index contributed by atoms with van der Waals surface area (Å²) in [4.78, 5) is 11.0. The van der Waals surface area contributed by atoms with Crippen molar-refractivity contribution in [1.29, 1.82) is 0 Å². The van der Waals surface area contributed by atoms with Gasteiger partial charge in [0.1, 0.15) is 12.1 Å². The van der Waals surface area contributed by atoms with Gasteiger partial charge in [-0.15, -0.1) is 0 Å². The summed E-state index contributed by atoms with van der Waals surface area (Å²) in [6.07, 6.45) is 4.48. The third kappa shape index (κ3) is 3.38. The monoisotopic (exact) mass is 324 g/mol. The average molecular weight is 324 g/mol. The van der Waals surface area contributed by atoms with Gasteiger partial charge in [-0.1, -0.05) is 6.07 Å². The Balaban J connectivity index is 1.87. The molecule has 0 amide bonds. The summed E-state index contributed by atoms with van der Waals surface area (Å²) in [6, 6.07) is 6.31. The van der Waals surface area contributed by atoms with Crippen molar-refractivity contribution in [1.82, 2.24) is 24.6 Å². The van der Waals surface area contributed by atoms with Gasteiger partial charge in [0.25, 0.3) is 0 Å². The highest BCUT2D eigenvalue weighted by atomic mass is 15.3. The van der Waals surface area contributed by atoms with Crippen molar-refractivity contribution in [3.05, 3.63) is 41.9 Å². The number of anilines is 1. The Labute approximate surface area is 142 Å². The van der Waals surface area contributed by atoms with E-state index >= 15 is 0 Å². The molecule has 6 nitrogen and oxygen atoms in total. The van der Waals surface area contributed by atoms with Gasteiger partial charge in [-0.3, -0.25) is 0 Å². The van der Waals surface area contributed by atoms with Crippen LogP contribution in [-0.2, 0) is 0 Å². The topological polar surface area (TPSA) is 58.9 Å². The maximum absolute atomic E-state index is 4.52. The van der Waals surface area contributed by atoms with Crippen molar-refractivity contribution in [2.24, 2.45) is 0 Å². The lowest BCUT2D eigenvalue weighted by Crippen LogP contribution is -2.16. The second-order valence-electron chi connectivity index (χ2n) is 6.37. The molecule has 0 atom stereocenters. The van der Waals surface area contributed by atoms with Crippen LogP contribution in [0.1, 0.15) is 17.5 Å². The predicted molar refractivity (Wildman–Crippen MR) is 97.8 cm³/mol.